The molecule has 2 aliphatic rings. The molecule has 2 heteroatoms. The number of rotatable bonds is 0. The van der Waals surface area contributed by atoms with E-state index in [1.165, 1.54) is 32.4 Å². The van der Waals surface area contributed by atoms with Gasteiger partial charge in [-0.3, -0.25) is 0 Å². The summed E-state index contributed by atoms with van der Waals surface area (Å²) in [4.78, 5) is 0. The van der Waals surface area contributed by atoms with E-state index in [4.69, 9.17) is 0 Å². The van der Waals surface area contributed by atoms with Crippen molar-refractivity contribution >= 4 is 0 Å². The number of fused-ring (bicyclic) bond motifs is 1. The minimum absolute atomic E-state index is 0.881. The van der Waals surface area contributed by atoms with Crippen LogP contribution in [0.5, 0.6) is 0 Å². The van der Waals surface area contributed by atoms with E-state index in [1.54, 1.807) is 5.57 Å². The molecule has 1 unspecified atom stereocenters. The standard InChI is InChI=1S/C9H16N2/c1-2-8-3-5-11-7-9(8)6-10-4-1/h6,8,10-11H,1-5,7H2. The molecule has 0 aromatic carbocycles. The van der Waals surface area contributed by atoms with Gasteiger partial charge in [0.05, 0.1) is 0 Å². The van der Waals surface area contributed by atoms with Crippen molar-refractivity contribution in [1.29, 1.82) is 0 Å². The second kappa shape index (κ2) is 3.26. The van der Waals surface area contributed by atoms with Crippen LogP contribution in [0.1, 0.15) is 19.3 Å². The van der Waals surface area contributed by atoms with Crippen LogP contribution in [0, 0.1) is 5.92 Å². The van der Waals surface area contributed by atoms with E-state index in [0.29, 0.717) is 0 Å². The summed E-state index contributed by atoms with van der Waals surface area (Å²) in [7, 11) is 0. The second-order valence-corrected chi connectivity index (χ2v) is 3.48. The van der Waals surface area contributed by atoms with Gasteiger partial charge in [0, 0.05) is 13.1 Å². The summed E-state index contributed by atoms with van der Waals surface area (Å²) in [6.07, 6.45) is 6.29. The average molecular weight is 152 g/mol. The fourth-order valence-electron chi connectivity index (χ4n) is 1.99. The molecule has 0 radical (unpaired) electrons. The van der Waals surface area contributed by atoms with Gasteiger partial charge in [-0.05, 0) is 43.5 Å². The molecule has 62 valence electrons. The molecule has 0 aliphatic carbocycles. The highest BCUT2D eigenvalue weighted by Crippen LogP contribution is 2.23. The van der Waals surface area contributed by atoms with E-state index in [2.05, 4.69) is 16.8 Å². The highest BCUT2D eigenvalue weighted by Gasteiger charge is 2.19. The Labute approximate surface area is 68.1 Å². The highest BCUT2D eigenvalue weighted by molar-refractivity contribution is 5.11. The largest absolute Gasteiger partial charge is 0.391 e. The van der Waals surface area contributed by atoms with Crippen molar-refractivity contribution in [2.24, 2.45) is 5.92 Å². The molecule has 2 rings (SSSR count). The fourth-order valence-corrected chi connectivity index (χ4v) is 1.99. The first-order chi connectivity index (χ1) is 5.47. The van der Waals surface area contributed by atoms with E-state index in [1.807, 2.05) is 0 Å². The maximum absolute atomic E-state index is 3.40. The molecule has 2 N–H and O–H groups in total. The summed E-state index contributed by atoms with van der Waals surface area (Å²) in [6.45, 7) is 3.49. The third kappa shape index (κ3) is 1.56. The van der Waals surface area contributed by atoms with Crippen LogP contribution in [-0.4, -0.2) is 19.6 Å². The molecule has 2 heterocycles. The normalized spacial score (nSPS) is 31.3. The molecule has 2 nitrogen and oxygen atoms in total. The van der Waals surface area contributed by atoms with Gasteiger partial charge in [-0.15, -0.1) is 0 Å². The molecule has 0 spiro atoms. The van der Waals surface area contributed by atoms with Crippen LogP contribution < -0.4 is 10.6 Å². The molecule has 1 saturated heterocycles. The maximum atomic E-state index is 3.40. The Balaban J connectivity index is 2.06. The van der Waals surface area contributed by atoms with Crippen molar-refractivity contribution in [2.75, 3.05) is 19.6 Å². The lowest BCUT2D eigenvalue weighted by Gasteiger charge is -2.24. The summed E-state index contributed by atoms with van der Waals surface area (Å²) in [5, 5.41) is 6.75. The van der Waals surface area contributed by atoms with Crippen molar-refractivity contribution in [3.63, 3.8) is 0 Å². The molecular formula is C9H16N2. The highest BCUT2D eigenvalue weighted by atomic mass is 14.9. The zero-order valence-electron chi connectivity index (χ0n) is 6.90. The molecule has 1 atom stereocenters. The van der Waals surface area contributed by atoms with Gasteiger partial charge >= 0.3 is 0 Å². The van der Waals surface area contributed by atoms with E-state index >= 15 is 0 Å². The van der Waals surface area contributed by atoms with Crippen molar-refractivity contribution in [1.82, 2.24) is 10.6 Å². The molecular weight excluding hydrogens is 136 g/mol. The topological polar surface area (TPSA) is 24.1 Å². The lowest BCUT2D eigenvalue weighted by atomic mass is 9.90. The molecule has 11 heavy (non-hydrogen) atoms. The van der Waals surface area contributed by atoms with Crippen LogP contribution in [-0.2, 0) is 0 Å². The zero-order chi connectivity index (χ0) is 7.52. The predicted octanol–water partition coefficient (Wildman–Crippen LogP) is 0.863. The Morgan fingerprint density at radius 2 is 2.27 bits per heavy atom. The lowest BCUT2D eigenvalue weighted by Crippen LogP contribution is -2.30. The minimum Gasteiger partial charge on any atom is -0.391 e. The Kier molecular flexibility index (Phi) is 2.13. The zero-order valence-corrected chi connectivity index (χ0v) is 6.90. The lowest BCUT2D eigenvalue weighted by molar-refractivity contribution is 0.440. The summed E-state index contributed by atoms with van der Waals surface area (Å²) in [5.74, 6) is 0.881. The SMILES string of the molecule is C1=C2CNCCC2CCCN1. The molecule has 0 bridgehead atoms. The smallest absolute Gasteiger partial charge is 0.0184 e. The third-order valence-electron chi connectivity index (χ3n) is 2.68. The van der Waals surface area contributed by atoms with E-state index in [0.717, 1.165) is 12.5 Å². The van der Waals surface area contributed by atoms with Crippen molar-refractivity contribution in [3.05, 3.63) is 11.8 Å². The molecule has 1 fully saturated rings. The predicted molar refractivity (Wildman–Crippen MR) is 46.3 cm³/mol. The Bertz CT molecular complexity index is 163. The minimum atomic E-state index is 0.881. The molecule has 2 aliphatic heterocycles. The van der Waals surface area contributed by atoms with E-state index < -0.39 is 0 Å². The summed E-state index contributed by atoms with van der Waals surface area (Å²) < 4.78 is 0. The van der Waals surface area contributed by atoms with Crippen LogP contribution >= 0.6 is 0 Å². The van der Waals surface area contributed by atoms with Gasteiger partial charge in [0.2, 0.25) is 0 Å². The second-order valence-electron chi connectivity index (χ2n) is 3.48. The van der Waals surface area contributed by atoms with Gasteiger partial charge < -0.3 is 10.6 Å². The van der Waals surface area contributed by atoms with Crippen molar-refractivity contribution in [2.45, 2.75) is 19.3 Å². The van der Waals surface area contributed by atoms with Gasteiger partial charge in [0.25, 0.3) is 0 Å². The van der Waals surface area contributed by atoms with Crippen LogP contribution in [0.4, 0.5) is 0 Å². The van der Waals surface area contributed by atoms with Crippen LogP contribution in [0.25, 0.3) is 0 Å². The van der Waals surface area contributed by atoms with Gasteiger partial charge in [-0.1, -0.05) is 0 Å². The van der Waals surface area contributed by atoms with Gasteiger partial charge in [-0.2, -0.15) is 0 Å². The quantitative estimate of drug-likeness (QED) is 0.538. The Morgan fingerprint density at radius 3 is 3.27 bits per heavy atom. The molecule has 0 amide bonds. The van der Waals surface area contributed by atoms with E-state index in [9.17, 15) is 0 Å². The maximum Gasteiger partial charge on any atom is 0.0184 e. The van der Waals surface area contributed by atoms with E-state index in [-0.39, 0.29) is 0 Å². The molecule has 0 saturated carbocycles. The van der Waals surface area contributed by atoms with Crippen LogP contribution in [0.3, 0.4) is 0 Å². The fraction of sp³-hybridized carbons (Fsp3) is 0.778. The Morgan fingerprint density at radius 1 is 1.27 bits per heavy atom. The van der Waals surface area contributed by atoms with Crippen LogP contribution in [0.15, 0.2) is 11.8 Å². The molecule has 0 aromatic rings. The monoisotopic (exact) mass is 152 g/mol. The van der Waals surface area contributed by atoms with Gasteiger partial charge in [0.15, 0.2) is 0 Å². The first kappa shape index (κ1) is 7.17. The number of piperidine rings is 1. The van der Waals surface area contributed by atoms with Crippen molar-refractivity contribution in [3.8, 4) is 0 Å². The van der Waals surface area contributed by atoms with Crippen LogP contribution in [0.2, 0.25) is 0 Å². The van der Waals surface area contributed by atoms with Gasteiger partial charge in [0.1, 0.15) is 0 Å². The first-order valence-electron chi connectivity index (χ1n) is 4.60. The number of hydrogen-bond acceptors (Lipinski definition) is 2. The first-order valence-corrected chi connectivity index (χ1v) is 4.60. The summed E-state index contributed by atoms with van der Waals surface area (Å²) in [6, 6.07) is 0. The number of nitrogens with one attached hydrogen (secondary N) is 2. The number of hydrogen-bond donors (Lipinski definition) is 2. The molecule has 0 aromatic heterocycles. The van der Waals surface area contributed by atoms with Crippen molar-refractivity contribution < 1.29 is 0 Å². The van der Waals surface area contributed by atoms with Gasteiger partial charge in [-0.25, -0.2) is 0 Å². The summed E-state index contributed by atoms with van der Waals surface area (Å²) in [5.41, 5.74) is 1.59. The third-order valence-corrected chi connectivity index (χ3v) is 2.68. The Hall–Kier alpha value is -0.500. The summed E-state index contributed by atoms with van der Waals surface area (Å²) >= 11 is 0. The average Bonchev–Trinajstić information content (AvgIpc) is 2.28.